The Balaban J connectivity index is 1.57. The molecule has 0 aromatic carbocycles. The highest BCUT2D eigenvalue weighted by Crippen LogP contribution is 2.18. The van der Waals surface area contributed by atoms with Crippen molar-refractivity contribution in [2.45, 2.75) is 32.8 Å². The molecular formula is C25H32N8O7. The average molecular weight is 557 g/mol. The van der Waals surface area contributed by atoms with Crippen LogP contribution in [0.3, 0.4) is 0 Å². The largest absolute Gasteiger partial charge is 0.477 e. The number of nitrogens with one attached hydrogen (secondary N) is 4. The summed E-state index contributed by atoms with van der Waals surface area (Å²) in [7, 11) is 4.74. The van der Waals surface area contributed by atoms with Crippen molar-refractivity contribution in [1.82, 2.24) is 24.0 Å². The van der Waals surface area contributed by atoms with Gasteiger partial charge in [0.2, 0.25) is 11.7 Å². The first-order valence-electron chi connectivity index (χ1n) is 12.1. The Labute approximate surface area is 229 Å². The van der Waals surface area contributed by atoms with Crippen LogP contribution < -0.4 is 21.3 Å². The number of anilines is 3. The molecular weight excluding hydrogens is 524 g/mol. The highest BCUT2D eigenvalue weighted by Gasteiger charge is 2.20. The molecule has 0 aliphatic carbocycles. The van der Waals surface area contributed by atoms with Crippen molar-refractivity contribution in [3.8, 4) is 0 Å². The number of carbonyl (C=O) groups is 5. The summed E-state index contributed by atoms with van der Waals surface area (Å²) in [5.41, 5.74) is 0.196. The molecule has 0 atom stereocenters. The Kier molecular flexibility index (Phi) is 8.66. The molecule has 0 aliphatic heterocycles. The topological polar surface area (TPSA) is 191 Å². The molecule has 0 spiro atoms. The van der Waals surface area contributed by atoms with Gasteiger partial charge in [-0.3, -0.25) is 14.4 Å². The minimum atomic E-state index is -1.13. The van der Waals surface area contributed by atoms with E-state index in [2.05, 4.69) is 26.3 Å². The second kappa shape index (κ2) is 11.8. The van der Waals surface area contributed by atoms with Gasteiger partial charge in [0.15, 0.2) is 5.82 Å². The van der Waals surface area contributed by atoms with Crippen molar-refractivity contribution in [3.05, 3.63) is 47.9 Å². The summed E-state index contributed by atoms with van der Waals surface area (Å²) in [5.74, 6) is -2.49. The van der Waals surface area contributed by atoms with E-state index in [9.17, 15) is 29.1 Å². The van der Waals surface area contributed by atoms with Crippen LogP contribution in [-0.4, -0.2) is 65.7 Å². The molecule has 5 N–H and O–H groups in total. The highest BCUT2D eigenvalue weighted by atomic mass is 16.6. The molecule has 40 heavy (non-hydrogen) atoms. The molecule has 214 valence electrons. The summed E-state index contributed by atoms with van der Waals surface area (Å²) in [6.45, 7) is 5.24. The third kappa shape index (κ3) is 7.72. The van der Waals surface area contributed by atoms with Gasteiger partial charge in [0.05, 0.1) is 11.4 Å². The molecule has 0 bridgehead atoms. The van der Waals surface area contributed by atoms with Crippen LogP contribution in [0.5, 0.6) is 0 Å². The van der Waals surface area contributed by atoms with Crippen molar-refractivity contribution in [2.24, 2.45) is 21.1 Å². The van der Waals surface area contributed by atoms with Crippen LogP contribution in [0, 0.1) is 0 Å². The molecule has 3 heterocycles. The smallest absolute Gasteiger partial charge is 0.407 e. The monoisotopic (exact) mass is 556 g/mol. The SMILES string of the molecule is Cn1cc(NC(=O)c2cc(NC(=O)c3nc(NC(=O)CCNC(=O)OC(C)(C)C)cn3C)cn2C)cc1C(=O)O. The van der Waals surface area contributed by atoms with Crippen LogP contribution in [0.4, 0.5) is 22.0 Å². The predicted molar refractivity (Wildman–Crippen MR) is 144 cm³/mol. The van der Waals surface area contributed by atoms with Gasteiger partial charge >= 0.3 is 12.1 Å². The number of nitrogens with zero attached hydrogens (tertiary/aromatic N) is 4. The summed E-state index contributed by atoms with van der Waals surface area (Å²) in [4.78, 5) is 64.9. The molecule has 3 rings (SSSR count). The number of hydrogen-bond donors (Lipinski definition) is 5. The van der Waals surface area contributed by atoms with Gasteiger partial charge in [-0.1, -0.05) is 0 Å². The fraction of sp³-hybridized carbons (Fsp3) is 0.360. The van der Waals surface area contributed by atoms with Gasteiger partial charge in [0.25, 0.3) is 11.8 Å². The molecule has 15 nitrogen and oxygen atoms in total. The van der Waals surface area contributed by atoms with E-state index in [1.807, 2.05) is 0 Å². The number of ether oxygens (including phenoxy) is 1. The second-order valence-corrected chi connectivity index (χ2v) is 9.95. The van der Waals surface area contributed by atoms with Gasteiger partial charge < -0.3 is 44.8 Å². The maximum atomic E-state index is 12.8. The third-order valence-corrected chi connectivity index (χ3v) is 5.34. The van der Waals surface area contributed by atoms with Crippen molar-refractivity contribution in [3.63, 3.8) is 0 Å². The first-order chi connectivity index (χ1) is 18.6. The lowest BCUT2D eigenvalue weighted by Crippen LogP contribution is -2.34. The fourth-order valence-corrected chi connectivity index (χ4v) is 3.62. The number of hydrogen-bond acceptors (Lipinski definition) is 7. The van der Waals surface area contributed by atoms with Gasteiger partial charge in [-0.2, -0.15) is 0 Å². The Morgan fingerprint density at radius 3 is 2.00 bits per heavy atom. The second-order valence-electron chi connectivity index (χ2n) is 9.95. The minimum absolute atomic E-state index is 0.00233. The van der Waals surface area contributed by atoms with E-state index in [4.69, 9.17) is 4.74 Å². The predicted octanol–water partition coefficient (Wildman–Crippen LogP) is 2.15. The Bertz CT molecular complexity index is 1460. The lowest BCUT2D eigenvalue weighted by Gasteiger charge is -2.19. The van der Waals surface area contributed by atoms with Crippen LogP contribution in [-0.2, 0) is 30.7 Å². The zero-order valence-corrected chi connectivity index (χ0v) is 23.0. The maximum Gasteiger partial charge on any atom is 0.407 e. The summed E-state index contributed by atoms with van der Waals surface area (Å²) in [5, 5.41) is 19.5. The lowest BCUT2D eigenvalue weighted by molar-refractivity contribution is -0.116. The summed E-state index contributed by atoms with van der Waals surface area (Å²) in [6, 6.07) is 2.79. The van der Waals surface area contributed by atoms with Crippen LogP contribution in [0.15, 0.2) is 30.7 Å². The molecule has 0 aliphatic rings. The van der Waals surface area contributed by atoms with Gasteiger partial charge in [-0.05, 0) is 32.9 Å². The summed E-state index contributed by atoms with van der Waals surface area (Å²) in [6.07, 6.45) is 3.80. The first kappa shape index (κ1) is 29.5. The molecule has 0 saturated heterocycles. The number of rotatable bonds is 9. The van der Waals surface area contributed by atoms with E-state index in [0.717, 1.165) is 0 Å². The van der Waals surface area contributed by atoms with E-state index in [0.29, 0.717) is 11.4 Å². The van der Waals surface area contributed by atoms with Gasteiger partial charge in [0.1, 0.15) is 17.0 Å². The number of aromatic carboxylic acids is 1. The lowest BCUT2D eigenvalue weighted by atomic mass is 10.2. The van der Waals surface area contributed by atoms with E-state index < -0.39 is 35.4 Å². The number of alkyl carbamates (subject to hydrolysis) is 1. The first-order valence-corrected chi connectivity index (χ1v) is 12.1. The Hall–Kier alpha value is -5.08. The van der Waals surface area contributed by atoms with E-state index >= 15 is 0 Å². The maximum absolute atomic E-state index is 12.8. The third-order valence-electron chi connectivity index (χ3n) is 5.34. The summed E-state index contributed by atoms with van der Waals surface area (Å²) < 4.78 is 9.41. The molecule has 3 aromatic rings. The summed E-state index contributed by atoms with van der Waals surface area (Å²) >= 11 is 0. The zero-order chi connectivity index (χ0) is 29.8. The van der Waals surface area contributed by atoms with Gasteiger partial charge in [0, 0.05) is 52.7 Å². The molecule has 0 fully saturated rings. The van der Waals surface area contributed by atoms with E-state index in [1.54, 1.807) is 41.9 Å². The van der Waals surface area contributed by atoms with Gasteiger partial charge in [-0.25, -0.2) is 14.6 Å². The van der Waals surface area contributed by atoms with Gasteiger partial charge in [-0.15, -0.1) is 0 Å². The fourth-order valence-electron chi connectivity index (χ4n) is 3.62. The highest BCUT2D eigenvalue weighted by molar-refractivity contribution is 6.06. The molecule has 4 amide bonds. The van der Waals surface area contributed by atoms with Crippen LogP contribution >= 0.6 is 0 Å². The molecule has 0 unspecified atom stereocenters. The number of carboxylic acid groups (broad SMARTS) is 1. The minimum Gasteiger partial charge on any atom is -0.477 e. The quantitative estimate of drug-likeness (QED) is 0.265. The molecule has 15 heteroatoms. The van der Waals surface area contributed by atoms with Crippen LogP contribution in [0.2, 0.25) is 0 Å². The normalized spacial score (nSPS) is 11.1. The van der Waals surface area contributed by atoms with Crippen LogP contribution in [0.25, 0.3) is 0 Å². The molecule has 0 saturated carbocycles. The van der Waals surface area contributed by atoms with Crippen molar-refractivity contribution >= 4 is 47.0 Å². The number of aromatic nitrogens is 4. The number of carbonyl (C=O) groups excluding carboxylic acids is 4. The van der Waals surface area contributed by atoms with E-state index in [1.165, 1.54) is 44.4 Å². The zero-order valence-electron chi connectivity index (χ0n) is 23.0. The Morgan fingerprint density at radius 2 is 1.43 bits per heavy atom. The molecule has 3 aromatic heterocycles. The standard InChI is InChI=1S/C25H32N8O7/c1-25(2,3)40-24(39)26-8-7-19(34)29-18-13-33(6)20(30-18)22(36)28-14-9-16(31(4)11-14)21(35)27-15-10-17(23(37)38)32(5)12-15/h9-13H,7-8H2,1-6H3,(H,26,39)(H,27,35)(H,28,36)(H,29,34)(H,37,38). The number of amides is 4. The van der Waals surface area contributed by atoms with Crippen LogP contribution in [0.1, 0.15) is 58.8 Å². The molecule has 0 radical (unpaired) electrons. The Morgan fingerprint density at radius 1 is 0.850 bits per heavy atom. The van der Waals surface area contributed by atoms with E-state index in [-0.39, 0.29) is 36.0 Å². The number of imidazole rings is 1. The van der Waals surface area contributed by atoms with Crippen molar-refractivity contribution in [2.75, 3.05) is 22.5 Å². The number of aryl methyl sites for hydroxylation is 3. The number of carboxylic acids is 1. The van der Waals surface area contributed by atoms with Crippen molar-refractivity contribution < 1.29 is 33.8 Å². The van der Waals surface area contributed by atoms with Crippen molar-refractivity contribution in [1.29, 1.82) is 0 Å². The average Bonchev–Trinajstić information content (AvgIpc) is 3.48.